The first-order valence-corrected chi connectivity index (χ1v) is 12.0. The summed E-state index contributed by atoms with van der Waals surface area (Å²) in [6.45, 7) is 13.4. The molecule has 1 aliphatic rings. The van der Waals surface area contributed by atoms with E-state index >= 15 is 0 Å². The molecule has 0 heterocycles. The van der Waals surface area contributed by atoms with Crippen LogP contribution in [0, 0.1) is 0 Å². The van der Waals surface area contributed by atoms with Gasteiger partial charge in [0, 0.05) is 0 Å². The number of hydrogen-bond donors (Lipinski definition) is 0. The van der Waals surface area contributed by atoms with Crippen molar-refractivity contribution in [2.45, 2.75) is 39.9 Å². The number of nitrogens with zero attached hydrogens (tertiary/aromatic N) is 1. The number of rotatable bonds is 4. The van der Waals surface area contributed by atoms with Gasteiger partial charge in [-0.2, -0.15) is 13.1 Å². The van der Waals surface area contributed by atoms with E-state index in [1.807, 2.05) is 13.8 Å². The Morgan fingerprint density at radius 2 is 1.71 bits per heavy atom. The van der Waals surface area contributed by atoms with Gasteiger partial charge >= 0.3 is 70.6 Å². The molecule has 0 aromatic rings. The summed E-state index contributed by atoms with van der Waals surface area (Å²) in [6.07, 6.45) is 7.30. The molecular weight excluding hydrogens is 308 g/mol. The Balaban J connectivity index is -0.000000247. The summed E-state index contributed by atoms with van der Waals surface area (Å²) in [6, 6.07) is 0. The summed E-state index contributed by atoms with van der Waals surface area (Å²) in [5.41, 5.74) is 0. The minimum Gasteiger partial charge on any atom is -1.00 e. The van der Waals surface area contributed by atoms with Crippen LogP contribution in [0.4, 0.5) is 0 Å². The molecule has 0 bridgehead atoms. The molecule has 1 aliphatic carbocycles. The molecule has 0 unspecified atom stereocenters. The summed E-state index contributed by atoms with van der Waals surface area (Å²) in [4.78, 5) is 0. The van der Waals surface area contributed by atoms with Crippen LogP contribution in [0.25, 0.3) is 5.32 Å². The molecule has 0 aromatic heterocycles. The summed E-state index contributed by atoms with van der Waals surface area (Å²) >= 11 is 0.557. The minimum atomic E-state index is -0.737. The van der Waals surface area contributed by atoms with Crippen molar-refractivity contribution in [3.63, 3.8) is 0 Å². The SMILES string of the molecule is CC[N-]CC.C[Si](C)(C)[V+3][C]1=CC=CC1.[Cl-].[Cl-]. The molecule has 0 N–H and O–H groups in total. The summed E-state index contributed by atoms with van der Waals surface area (Å²) in [5.74, 6) is 0. The van der Waals surface area contributed by atoms with Crippen LogP contribution in [0.3, 0.4) is 0 Å². The smallest absolute Gasteiger partial charge is 1.00 e. The topological polar surface area (TPSA) is 14.1 Å². The van der Waals surface area contributed by atoms with Gasteiger partial charge in [-0.05, 0) is 0 Å². The Morgan fingerprint density at radius 3 is 1.94 bits per heavy atom. The van der Waals surface area contributed by atoms with Crippen molar-refractivity contribution in [1.82, 2.24) is 0 Å². The largest absolute Gasteiger partial charge is 1.00 e. The Labute approximate surface area is 127 Å². The van der Waals surface area contributed by atoms with E-state index in [9.17, 15) is 0 Å². The van der Waals surface area contributed by atoms with Crippen LogP contribution in [0.15, 0.2) is 22.5 Å². The maximum absolute atomic E-state index is 3.97. The quantitative estimate of drug-likeness (QED) is 0.537. The standard InChI is InChI=1S/C5H5.C4H10N.C3H9Si.2ClH.V/c1-2-4-5-3-1;1-3-5-4-2;1-4(2)3;;;/h1-3H,4H2;3-4H2,1-2H3;1-3H3;2*1H;/q;-1;;;;+3/p-2. The van der Waals surface area contributed by atoms with Crippen molar-refractivity contribution in [2.75, 3.05) is 13.1 Å². The predicted molar refractivity (Wildman–Crippen MR) is 69.6 cm³/mol. The normalized spacial score (nSPS) is 12.4. The molecule has 0 amide bonds. The van der Waals surface area contributed by atoms with Gasteiger partial charge in [0.15, 0.2) is 0 Å². The molecule has 0 radical (unpaired) electrons. The van der Waals surface area contributed by atoms with E-state index in [0.29, 0.717) is 15.6 Å². The molecular formula is C12H24Cl2NSiV. The fraction of sp³-hybridized carbons (Fsp3) is 0.667. The second-order valence-electron chi connectivity index (χ2n) is 4.43. The van der Waals surface area contributed by atoms with Crippen LogP contribution in [0.5, 0.6) is 0 Å². The van der Waals surface area contributed by atoms with E-state index in [4.69, 9.17) is 0 Å². The summed E-state index contributed by atoms with van der Waals surface area (Å²) in [7, 11) is 0. The molecule has 17 heavy (non-hydrogen) atoms. The summed E-state index contributed by atoms with van der Waals surface area (Å²) < 4.78 is 1.73. The molecule has 1 nitrogen and oxygen atoms in total. The van der Waals surface area contributed by atoms with Gasteiger partial charge in [-0.3, -0.25) is 0 Å². The maximum Gasteiger partial charge on any atom is -1.00 e. The average Bonchev–Trinajstić information content (AvgIpc) is 2.56. The van der Waals surface area contributed by atoms with Gasteiger partial charge in [0.2, 0.25) is 0 Å². The maximum atomic E-state index is 3.97. The minimum absolute atomic E-state index is 0. The van der Waals surface area contributed by atoms with Gasteiger partial charge in [-0.15, -0.1) is 0 Å². The van der Waals surface area contributed by atoms with Crippen molar-refractivity contribution in [2.24, 2.45) is 0 Å². The average molecular weight is 332 g/mol. The molecule has 1 rings (SSSR count). The van der Waals surface area contributed by atoms with Crippen LogP contribution in [0.2, 0.25) is 19.6 Å². The van der Waals surface area contributed by atoms with Gasteiger partial charge in [-0.1, -0.05) is 13.8 Å². The molecule has 0 fully saturated rings. The second-order valence-corrected chi connectivity index (χ2v) is 17.2. The van der Waals surface area contributed by atoms with Crippen LogP contribution < -0.4 is 24.8 Å². The van der Waals surface area contributed by atoms with Crippen LogP contribution in [-0.4, -0.2) is 19.5 Å². The Bertz CT molecular complexity index is 223. The van der Waals surface area contributed by atoms with E-state index in [2.05, 4.69) is 43.2 Å². The third-order valence-electron chi connectivity index (χ3n) is 1.68. The van der Waals surface area contributed by atoms with E-state index < -0.39 is 6.45 Å². The Morgan fingerprint density at radius 1 is 1.18 bits per heavy atom. The number of halogens is 2. The first kappa shape index (κ1) is 23.0. The molecule has 0 atom stereocenters. The molecule has 0 saturated heterocycles. The summed E-state index contributed by atoms with van der Waals surface area (Å²) in [5, 5.41) is 3.97. The third kappa shape index (κ3) is 16.8. The van der Waals surface area contributed by atoms with Gasteiger partial charge in [0.05, 0.1) is 0 Å². The first-order valence-electron chi connectivity index (χ1n) is 5.71. The molecule has 5 heteroatoms. The van der Waals surface area contributed by atoms with Gasteiger partial charge in [0.1, 0.15) is 0 Å². The van der Waals surface area contributed by atoms with Crippen LogP contribution in [-0.2, 0) is 15.6 Å². The predicted octanol–water partition coefficient (Wildman–Crippen LogP) is -1.84. The molecule has 0 spiro atoms. The van der Waals surface area contributed by atoms with E-state index in [1.165, 1.54) is 6.42 Å². The van der Waals surface area contributed by atoms with Gasteiger partial charge in [-0.25, -0.2) is 0 Å². The molecule has 0 aliphatic heterocycles. The van der Waals surface area contributed by atoms with Crippen molar-refractivity contribution in [3.05, 3.63) is 27.8 Å². The third-order valence-corrected chi connectivity index (χ3v) is 7.64. The zero-order valence-electron chi connectivity index (χ0n) is 11.5. The molecule has 100 valence electrons. The van der Waals surface area contributed by atoms with E-state index in [-0.39, 0.29) is 24.8 Å². The fourth-order valence-corrected chi connectivity index (χ4v) is 7.31. The van der Waals surface area contributed by atoms with E-state index in [1.54, 1.807) is 4.28 Å². The van der Waals surface area contributed by atoms with Crippen molar-refractivity contribution in [1.29, 1.82) is 0 Å². The van der Waals surface area contributed by atoms with Crippen LogP contribution >= 0.6 is 0 Å². The number of allylic oxidation sites excluding steroid dienone is 4. The van der Waals surface area contributed by atoms with Gasteiger partial charge < -0.3 is 30.1 Å². The van der Waals surface area contributed by atoms with E-state index in [0.717, 1.165) is 13.1 Å². The first-order chi connectivity index (χ1) is 6.99. The molecule has 0 saturated carbocycles. The monoisotopic (exact) mass is 331 g/mol. The molecule has 0 aromatic carbocycles. The fourth-order valence-electron chi connectivity index (χ4n) is 1.17. The Hall–Kier alpha value is 0.821. The zero-order valence-corrected chi connectivity index (χ0v) is 15.4. The van der Waals surface area contributed by atoms with Crippen molar-refractivity contribution < 1.29 is 40.4 Å². The second kappa shape index (κ2) is 13.3. The zero-order chi connectivity index (χ0) is 11.7. The van der Waals surface area contributed by atoms with Crippen LogP contribution in [0.1, 0.15) is 20.3 Å². The van der Waals surface area contributed by atoms with Crippen molar-refractivity contribution in [3.8, 4) is 0 Å². The van der Waals surface area contributed by atoms with Gasteiger partial charge in [0.25, 0.3) is 0 Å². The van der Waals surface area contributed by atoms with Crippen molar-refractivity contribution >= 4 is 6.45 Å². The Kier molecular flexibility index (Phi) is 17.9. The number of hydrogen-bond acceptors (Lipinski definition) is 0.